The number of carbonyl (C=O) groups excluding carboxylic acids is 1. The summed E-state index contributed by atoms with van der Waals surface area (Å²) in [7, 11) is 1.62. The van der Waals surface area contributed by atoms with Crippen molar-refractivity contribution < 1.29 is 9.53 Å². The zero-order valence-corrected chi connectivity index (χ0v) is 15.8. The van der Waals surface area contributed by atoms with E-state index in [1.807, 2.05) is 54.6 Å². The molecule has 1 amide bonds. The number of aromatic nitrogens is 2. The Morgan fingerprint density at radius 2 is 1.88 bits per heavy atom. The quantitative estimate of drug-likeness (QED) is 0.575. The van der Waals surface area contributed by atoms with E-state index in [0.717, 1.165) is 21.3 Å². The number of hydrogen-bond donors (Lipinski definition) is 2. The van der Waals surface area contributed by atoms with E-state index in [2.05, 4.69) is 20.8 Å². The summed E-state index contributed by atoms with van der Waals surface area (Å²) in [6, 6.07) is 17.4. The molecule has 134 valence electrons. The molecule has 26 heavy (non-hydrogen) atoms. The normalized spacial score (nSPS) is 10.3. The van der Waals surface area contributed by atoms with Gasteiger partial charge >= 0.3 is 0 Å². The van der Waals surface area contributed by atoms with Crippen LogP contribution in [0, 0.1) is 0 Å². The van der Waals surface area contributed by atoms with Crippen LogP contribution in [0.1, 0.15) is 5.56 Å². The highest BCUT2D eigenvalue weighted by atomic mass is 32.2. The minimum absolute atomic E-state index is 0.0614. The Balaban J connectivity index is 1.46. The molecule has 2 aromatic carbocycles. The van der Waals surface area contributed by atoms with E-state index >= 15 is 0 Å². The number of benzene rings is 2. The highest BCUT2D eigenvalue weighted by molar-refractivity contribution is 8.01. The van der Waals surface area contributed by atoms with Gasteiger partial charge in [-0.3, -0.25) is 4.79 Å². The van der Waals surface area contributed by atoms with E-state index in [9.17, 15) is 4.79 Å². The van der Waals surface area contributed by atoms with Gasteiger partial charge < -0.3 is 15.4 Å². The molecule has 0 aliphatic rings. The average Bonchev–Trinajstić information content (AvgIpc) is 3.13. The van der Waals surface area contributed by atoms with Gasteiger partial charge in [-0.2, -0.15) is 0 Å². The molecule has 8 heteroatoms. The summed E-state index contributed by atoms with van der Waals surface area (Å²) in [4.78, 5) is 12.1. The molecule has 0 fully saturated rings. The van der Waals surface area contributed by atoms with Gasteiger partial charge in [-0.15, -0.1) is 10.2 Å². The van der Waals surface area contributed by atoms with Crippen LogP contribution < -0.4 is 15.4 Å². The molecule has 1 aromatic heterocycles. The van der Waals surface area contributed by atoms with E-state index in [0.29, 0.717) is 11.7 Å². The standard InChI is InChI=1S/C18H18N4O2S2/c1-24-15-10-6-5-7-13(15)11-19-16(23)12-25-18-22-21-17(26-18)20-14-8-3-2-4-9-14/h2-10H,11-12H2,1H3,(H,19,23)(H,20,21). The first-order valence-electron chi connectivity index (χ1n) is 7.91. The third kappa shape index (κ3) is 5.21. The zero-order chi connectivity index (χ0) is 18.2. The number of thioether (sulfide) groups is 1. The molecule has 0 saturated carbocycles. The minimum Gasteiger partial charge on any atom is -0.496 e. The van der Waals surface area contributed by atoms with Crippen LogP contribution >= 0.6 is 23.1 Å². The van der Waals surface area contributed by atoms with Crippen molar-refractivity contribution in [2.75, 3.05) is 18.2 Å². The van der Waals surface area contributed by atoms with Crippen molar-refractivity contribution in [1.82, 2.24) is 15.5 Å². The van der Waals surface area contributed by atoms with Gasteiger partial charge in [-0.25, -0.2) is 0 Å². The van der Waals surface area contributed by atoms with E-state index in [4.69, 9.17) is 4.74 Å². The van der Waals surface area contributed by atoms with Crippen molar-refractivity contribution in [3.8, 4) is 5.75 Å². The summed E-state index contributed by atoms with van der Waals surface area (Å²) in [5.41, 5.74) is 1.90. The second-order valence-corrected chi connectivity index (χ2v) is 7.44. The molecule has 0 saturated heterocycles. The summed E-state index contributed by atoms with van der Waals surface area (Å²) in [6.07, 6.45) is 0. The molecule has 0 unspecified atom stereocenters. The van der Waals surface area contributed by atoms with E-state index < -0.39 is 0 Å². The van der Waals surface area contributed by atoms with Crippen LogP contribution in [-0.4, -0.2) is 29.0 Å². The largest absolute Gasteiger partial charge is 0.496 e. The molecular formula is C18H18N4O2S2. The molecule has 0 bridgehead atoms. The molecule has 0 atom stereocenters. The molecule has 0 radical (unpaired) electrons. The van der Waals surface area contributed by atoms with Gasteiger partial charge in [0.05, 0.1) is 12.9 Å². The van der Waals surface area contributed by atoms with Crippen LogP contribution in [0.15, 0.2) is 58.9 Å². The third-order valence-electron chi connectivity index (χ3n) is 3.43. The fraction of sp³-hybridized carbons (Fsp3) is 0.167. The first-order chi connectivity index (χ1) is 12.7. The maximum atomic E-state index is 12.1. The number of rotatable bonds is 8. The lowest BCUT2D eigenvalue weighted by atomic mass is 10.2. The third-order valence-corrected chi connectivity index (χ3v) is 5.40. The first kappa shape index (κ1) is 18.2. The maximum Gasteiger partial charge on any atom is 0.230 e. The Morgan fingerprint density at radius 1 is 1.12 bits per heavy atom. The summed E-state index contributed by atoms with van der Waals surface area (Å²) in [6.45, 7) is 0.431. The number of carbonyl (C=O) groups is 1. The second-order valence-electron chi connectivity index (χ2n) is 5.24. The van der Waals surface area contributed by atoms with Crippen LogP contribution in [0.2, 0.25) is 0 Å². The predicted octanol–water partition coefficient (Wildman–Crippen LogP) is 3.70. The van der Waals surface area contributed by atoms with Crippen LogP contribution in [0.25, 0.3) is 0 Å². The number of nitrogens with one attached hydrogen (secondary N) is 2. The van der Waals surface area contributed by atoms with Crippen molar-refractivity contribution in [1.29, 1.82) is 0 Å². The van der Waals surface area contributed by atoms with Crippen molar-refractivity contribution in [3.63, 3.8) is 0 Å². The highest BCUT2D eigenvalue weighted by Gasteiger charge is 2.09. The molecule has 6 nitrogen and oxygen atoms in total. The minimum atomic E-state index is -0.0614. The highest BCUT2D eigenvalue weighted by Crippen LogP contribution is 2.27. The first-order valence-corrected chi connectivity index (χ1v) is 9.72. The van der Waals surface area contributed by atoms with E-state index in [-0.39, 0.29) is 11.7 Å². The number of anilines is 2. The van der Waals surface area contributed by atoms with Crippen molar-refractivity contribution in [2.45, 2.75) is 10.9 Å². The molecule has 0 aliphatic carbocycles. The Morgan fingerprint density at radius 3 is 2.69 bits per heavy atom. The molecule has 0 spiro atoms. The maximum absolute atomic E-state index is 12.1. The van der Waals surface area contributed by atoms with Gasteiger partial charge in [-0.1, -0.05) is 59.5 Å². The average molecular weight is 387 g/mol. The predicted molar refractivity (Wildman–Crippen MR) is 105 cm³/mol. The van der Waals surface area contributed by atoms with E-state index in [1.165, 1.54) is 23.1 Å². The Kier molecular flexibility index (Phi) is 6.45. The zero-order valence-electron chi connectivity index (χ0n) is 14.1. The van der Waals surface area contributed by atoms with Crippen molar-refractivity contribution in [3.05, 3.63) is 60.2 Å². The number of para-hydroxylation sites is 2. The summed E-state index contributed by atoms with van der Waals surface area (Å²) in [5, 5.41) is 15.0. The molecule has 1 heterocycles. The van der Waals surface area contributed by atoms with Crippen LogP contribution in [0.5, 0.6) is 5.75 Å². The smallest absolute Gasteiger partial charge is 0.230 e. The van der Waals surface area contributed by atoms with Gasteiger partial charge in [0.25, 0.3) is 0 Å². The SMILES string of the molecule is COc1ccccc1CNC(=O)CSc1nnc(Nc2ccccc2)s1. The number of nitrogens with zero attached hydrogens (tertiary/aromatic N) is 2. The summed E-state index contributed by atoms with van der Waals surface area (Å²) >= 11 is 2.79. The van der Waals surface area contributed by atoms with Gasteiger partial charge in [0.15, 0.2) is 4.34 Å². The lowest BCUT2D eigenvalue weighted by Crippen LogP contribution is -2.24. The lowest BCUT2D eigenvalue weighted by Gasteiger charge is -2.09. The van der Waals surface area contributed by atoms with Gasteiger partial charge in [0.1, 0.15) is 5.75 Å². The fourth-order valence-corrected chi connectivity index (χ4v) is 3.79. The van der Waals surface area contributed by atoms with E-state index in [1.54, 1.807) is 7.11 Å². The number of hydrogen-bond acceptors (Lipinski definition) is 7. The fourth-order valence-electron chi connectivity index (χ4n) is 2.18. The molecule has 2 N–H and O–H groups in total. The van der Waals surface area contributed by atoms with Crippen molar-refractivity contribution >= 4 is 39.8 Å². The number of amides is 1. The Labute approximate surface area is 160 Å². The number of ether oxygens (including phenoxy) is 1. The van der Waals surface area contributed by atoms with Gasteiger partial charge in [0.2, 0.25) is 11.0 Å². The van der Waals surface area contributed by atoms with Crippen LogP contribution in [-0.2, 0) is 11.3 Å². The Bertz CT molecular complexity index is 855. The molecular weight excluding hydrogens is 368 g/mol. The molecule has 3 aromatic rings. The summed E-state index contributed by atoms with van der Waals surface area (Å²) < 4.78 is 6.02. The lowest BCUT2D eigenvalue weighted by molar-refractivity contribution is -0.118. The molecule has 0 aliphatic heterocycles. The second kappa shape index (κ2) is 9.21. The number of methoxy groups -OCH3 is 1. The van der Waals surface area contributed by atoms with Gasteiger partial charge in [0, 0.05) is 17.8 Å². The monoisotopic (exact) mass is 386 g/mol. The topological polar surface area (TPSA) is 76.1 Å². The van der Waals surface area contributed by atoms with Gasteiger partial charge in [-0.05, 0) is 18.2 Å². The van der Waals surface area contributed by atoms with Crippen LogP contribution in [0.4, 0.5) is 10.8 Å². The van der Waals surface area contributed by atoms with Crippen LogP contribution in [0.3, 0.4) is 0 Å². The molecule has 3 rings (SSSR count). The van der Waals surface area contributed by atoms with Crippen molar-refractivity contribution in [2.24, 2.45) is 0 Å². The summed E-state index contributed by atoms with van der Waals surface area (Å²) in [5.74, 6) is 0.990. The Hall–Kier alpha value is -2.58.